The second kappa shape index (κ2) is 14.4. The summed E-state index contributed by atoms with van der Waals surface area (Å²) in [5.41, 5.74) is 14.4. The van der Waals surface area contributed by atoms with Gasteiger partial charge in [0.15, 0.2) is 17.5 Å². The molecule has 0 aliphatic carbocycles. The van der Waals surface area contributed by atoms with Crippen LogP contribution in [0.2, 0.25) is 13.1 Å². The zero-order valence-corrected chi connectivity index (χ0v) is 36.9. The van der Waals surface area contributed by atoms with Crippen LogP contribution in [0.3, 0.4) is 0 Å². The van der Waals surface area contributed by atoms with Gasteiger partial charge in [0, 0.05) is 49.6 Å². The number of aromatic nitrogens is 5. The summed E-state index contributed by atoms with van der Waals surface area (Å²) in [7, 11) is -1.96. The van der Waals surface area contributed by atoms with Gasteiger partial charge in [0.1, 0.15) is 8.07 Å². The second-order valence-electron chi connectivity index (χ2n) is 17.6. The molecule has 0 amide bonds. The lowest BCUT2D eigenvalue weighted by Gasteiger charge is -2.19. The average Bonchev–Trinajstić information content (AvgIpc) is 3.96. The number of nitrogens with zero attached hydrogens (tertiary/aromatic N) is 5. The van der Waals surface area contributed by atoms with Crippen molar-refractivity contribution in [3.05, 3.63) is 212 Å². The molecular weight excluding hydrogens is 807 g/mol. The quantitative estimate of drug-likeness (QED) is 0.157. The van der Waals surface area contributed by atoms with E-state index in [0.29, 0.717) is 17.5 Å². The minimum atomic E-state index is -1.96. The van der Waals surface area contributed by atoms with Crippen LogP contribution in [-0.4, -0.2) is 32.2 Å². The maximum Gasteiger partial charge on any atom is 0.164 e. The Balaban J connectivity index is 1.05. The van der Waals surface area contributed by atoms with E-state index in [-0.39, 0.29) is 0 Å². The number of hydrogen-bond donors (Lipinski definition) is 0. The lowest BCUT2D eigenvalue weighted by atomic mass is 9.98. The number of rotatable bonds is 6. The topological polar surface area (TPSA) is 48.5 Å². The molecule has 306 valence electrons. The molecular formula is C59H41N5Si. The molecule has 4 heterocycles. The third-order valence-electron chi connectivity index (χ3n) is 13.6. The largest absolute Gasteiger partial charge is 0.309 e. The summed E-state index contributed by atoms with van der Waals surface area (Å²) in [5.74, 6) is 1.93. The SMILES string of the molecule is C[Si]1(C)c2ccccc2-c2ccc(-c3nc(-c4ccccc4)nc(-c4cc(-n5c6ccccc6c6ccc(-n7c8ccccc8c8ccccc87)cc65)ccc4-c4ccccc4)n3)cc21. The van der Waals surface area contributed by atoms with E-state index in [1.807, 2.05) is 18.2 Å². The van der Waals surface area contributed by atoms with Crippen molar-refractivity contribution in [1.82, 2.24) is 24.1 Å². The van der Waals surface area contributed by atoms with Gasteiger partial charge in [-0.25, -0.2) is 15.0 Å². The number of para-hydroxylation sites is 3. The van der Waals surface area contributed by atoms with Crippen molar-refractivity contribution in [3.8, 4) is 67.8 Å². The van der Waals surface area contributed by atoms with Crippen LogP contribution in [-0.2, 0) is 0 Å². The van der Waals surface area contributed by atoms with E-state index in [1.54, 1.807) is 0 Å². The highest BCUT2D eigenvalue weighted by Crippen LogP contribution is 2.40. The lowest BCUT2D eigenvalue weighted by molar-refractivity contribution is 1.07. The number of hydrogen-bond acceptors (Lipinski definition) is 3. The molecule has 9 aromatic carbocycles. The summed E-state index contributed by atoms with van der Waals surface area (Å²) in [6.45, 7) is 4.90. The molecule has 12 aromatic rings. The van der Waals surface area contributed by atoms with Gasteiger partial charge in [0.05, 0.1) is 22.1 Å². The smallest absolute Gasteiger partial charge is 0.164 e. The molecule has 0 unspecified atom stereocenters. The van der Waals surface area contributed by atoms with E-state index in [9.17, 15) is 0 Å². The van der Waals surface area contributed by atoms with Crippen LogP contribution < -0.4 is 10.4 Å². The molecule has 65 heavy (non-hydrogen) atoms. The molecule has 3 aromatic heterocycles. The lowest BCUT2D eigenvalue weighted by Crippen LogP contribution is -2.49. The molecule has 1 aliphatic rings. The Hall–Kier alpha value is -8.19. The van der Waals surface area contributed by atoms with Crippen molar-refractivity contribution >= 4 is 62.1 Å². The van der Waals surface area contributed by atoms with Gasteiger partial charge in [0.25, 0.3) is 0 Å². The molecule has 0 saturated heterocycles. The minimum absolute atomic E-state index is 0.626. The van der Waals surface area contributed by atoms with Gasteiger partial charge < -0.3 is 9.13 Å². The van der Waals surface area contributed by atoms with E-state index < -0.39 is 8.07 Å². The molecule has 13 rings (SSSR count). The Bertz CT molecular complexity index is 3810. The Morgan fingerprint density at radius 1 is 0.308 bits per heavy atom. The Morgan fingerprint density at radius 2 is 0.785 bits per heavy atom. The van der Waals surface area contributed by atoms with E-state index >= 15 is 0 Å². The monoisotopic (exact) mass is 847 g/mol. The second-order valence-corrected chi connectivity index (χ2v) is 22.0. The third-order valence-corrected chi connectivity index (χ3v) is 17.1. The summed E-state index contributed by atoms with van der Waals surface area (Å²) in [5, 5.41) is 7.77. The zero-order chi connectivity index (χ0) is 43.2. The standard InChI is InChI=1S/C59H41N5Si/c1-65(2)55-28-16-12-24-48(55)49-32-29-40(35-56(49)65)58-60-57(39-19-7-4-8-20-39)61-59(62-58)50-36-41(30-33-43(50)38-17-5-3-6-18-38)64-53-27-15-11-23-46(53)47-34-31-42(37-54(47)64)63-51-25-13-9-21-44(51)45-22-10-14-26-52(45)63/h3-37H,1-2H3. The Morgan fingerprint density at radius 3 is 1.46 bits per heavy atom. The van der Waals surface area contributed by atoms with Crippen molar-refractivity contribution < 1.29 is 0 Å². The summed E-state index contributed by atoms with van der Waals surface area (Å²) in [6.07, 6.45) is 0. The highest BCUT2D eigenvalue weighted by Gasteiger charge is 2.37. The fourth-order valence-corrected chi connectivity index (χ4v) is 13.6. The molecule has 0 spiro atoms. The molecule has 0 bridgehead atoms. The first-order chi connectivity index (χ1) is 32.0. The predicted octanol–water partition coefficient (Wildman–Crippen LogP) is 13.5. The Labute approximate surface area is 377 Å². The van der Waals surface area contributed by atoms with Crippen LogP contribution in [0.25, 0.3) is 111 Å². The maximum atomic E-state index is 5.44. The summed E-state index contributed by atoms with van der Waals surface area (Å²) >= 11 is 0. The third kappa shape index (κ3) is 5.81. The predicted molar refractivity (Wildman–Crippen MR) is 272 cm³/mol. The normalized spacial score (nSPS) is 12.9. The van der Waals surface area contributed by atoms with Gasteiger partial charge in [-0.3, -0.25) is 0 Å². The van der Waals surface area contributed by atoms with Crippen molar-refractivity contribution in [1.29, 1.82) is 0 Å². The van der Waals surface area contributed by atoms with Gasteiger partial charge in [-0.15, -0.1) is 0 Å². The first-order valence-corrected chi connectivity index (χ1v) is 25.3. The molecule has 0 N–H and O–H groups in total. The minimum Gasteiger partial charge on any atom is -0.309 e. The van der Waals surface area contributed by atoms with Crippen molar-refractivity contribution in [2.45, 2.75) is 13.1 Å². The average molecular weight is 848 g/mol. The van der Waals surface area contributed by atoms with Crippen molar-refractivity contribution in [2.24, 2.45) is 0 Å². The van der Waals surface area contributed by atoms with Crippen LogP contribution in [0.4, 0.5) is 0 Å². The fourth-order valence-electron chi connectivity index (χ4n) is 10.5. The van der Waals surface area contributed by atoms with Crippen LogP contribution in [0, 0.1) is 0 Å². The van der Waals surface area contributed by atoms with Gasteiger partial charge in [0.2, 0.25) is 0 Å². The molecule has 0 radical (unpaired) electrons. The van der Waals surface area contributed by atoms with E-state index in [1.165, 1.54) is 54.1 Å². The van der Waals surface area contributed by atoms with E-state index in [4.69, 9.17) is 15.0 Å². The maximum absolute atomic E-state index is 5.44. The zero-order valence-electron chi connectivity index (χ0n) is 35.9. The van der Waals surface area contributed by atoms with E-state index in [0.717, 1.165) is 50.2 Å². The Kier molecular flexibility index (Phi) is 8.29. The number of fused-ring (bicyclic) bond motifs is 9. The first-order valence-electron chi connectivity index (χ1n) is 22.3. The summed E-state index contributed by atoms with van der Waals surface area (Å²) in [4.78, 5) is 16.0. The van der Waals surface area contributed by atoms with Crippen LogP contribution in [0.5, 0.6) is 0 Å². The van der Waals surface area contributed by atoms with E-state index in [2.05, 4.69) is 216 Å². The van der Waals surface area contributed by atoms with Gasteiger partial charge >= 0.3 is 0 Å². The molecule has 6 heteroatoms. The van der Waals surface area contributed by atoms with Gasteiger partial charge in [-0.1, -0.05) is 183 Å². The van der Waals surface area contributed by atoms with Crippen molar-refractivity contribution in [2.75, 3.05) is 0 Å². The van der Waals surface area contributed by atoms with Crippen LogP contribution in [0.15, 0.2) is 212 Å². The fraction of sp³-hybridized carbons (Fsp3) is 0.0339. The highest BCUT2D eigenvalue weighted by atomic mass is 28.3. The molecule has 0 atom stereocenters. The number of benzene rings is 9. The molecule has 1 aliphatic heterocycles. The van der Waals surface area contributed by atoms with Crippen molar-refractivity contribution in [3.63, 3.8) is 0 Å². The summed E-state index contributed by atoms with van der Waals surface area (Å²) < 4.78 is 4.81. The van der Waals surface area contributed by atoms with Crippen LogP contribution >= 0.6 is 0 Å². The highest BCUT2D eigenvalue weighted by molar-refractivity contribution is 7.03. The molecule has 0 saturated carbocycles. The molecule has 5 nitrogen and oxygen atoms in total. The summed E-state index contributed by atoms with van der Waals surface area (Å²) in [6, 6.07) is 76.4. The van der Waals surface area contributed by atoms with Gasteiger partial charge in [-0.05, 0) is 75.1 Å². The van der Waals surface area contributed by atoms with Crippen LogP contribution in [0.1, 0.15) is 0 Å². The van der Waals surface area contributed by atoms with Gasteiger partial charge in [-0.2, -0.15) is 0 Å². The molecule has 0 fully saturated rings. The first kappa shape index (κ1) is 37.4.